The average Bonchev–Trinajstić information content (AvgIpc) is 3.15. The second-order valence-corrected chi connectivity index (χ2v) is 8.88. The van der Waals surface area contributed by atoms with Crippen LogP contribution in [0, 0.1) is 13.8 Å². The van der Waals surface area contributed by atoms with E-state index in [4.69, 9.17) is 13.9 Å². The number of aryl methyl sites for hydroxylation is 2. The van der Waals surface area contributed by atoms with E-state index in [-0.39, 0.29) is 17.1 Å². The van der Waals surface area contributed by atoms with Crippen LogP contribution in [0.2, 0.25) is 0 Å². The summed E-state index contributed by atoms with van der Waals surface area (Å²) < 4.78 is 16.9. The molecule has 0 fully saturated rings. The lowest BCUT2D eigenvalue weighted by Gasteiger charge is -2.25. The van der Waals surface area contributed by atoms with Gasteiger partial charge in [0, 0.05) is 6.54 Å². The molecule has 3 aromatic carbocycles. The van der Waals surface area contributed by atoms with E-state index < -0.39 is 6.04 Å². The molecule has 6 heteroatoms. The van der Waals surface area contributed by atoms with Crippen molar-refractivity contribution in [2.45, 2.75) is 26.3 Å². The molecule has 6 nitrogen and oxygen atoms in total. The average molecular weight is 470 g/mol. The molecule has 0 aliphatic carbocycles. The van der Waals surface area contributed by atoms with Gasteiger partial charge in [0.05, 0.1) is 31.2 Å². The maximum Gasteiger partial charge on any atom is 0.290 e. The molecule has 0 unspecified atom stereocenters. The third-order valence-electron chi connectivity index (χ3n) is 6.60. The number of carbonyl (C=O) groups is 1. The van der Waals surface area contributed by atoms with Crippen molar-refractivity contribution in [1.82, 2.24) is 4.90 Å². The van der Waals surface area contributed by atoms with Gasteiger partial charge in [0.25, 0.3) is 5.91 Å². The van der Waals surface area contributed by atoms with Crippen LogP contribution in [0.1, 0.15) is 44.4 Å². The molecule has 35 heavy (non-hydrogen) atoms. The first-order valence-corrected chi connectivity index (χ1v) is 11.6. The fourth-order valence-corrected chi connectivity index (χ4v) is 4.97. The van der Waals surface area contributed by atoms with Crippen LogP contribution < -0.4 is 14.9 Å². The summed E-state index contributed by atoms with van der Waals surface area (Å²) in [5.41, 5.74) is 4.43. The van der Waals surface area contributed by atoms with Crippen molar-refractivity contribution in [3.8, 4) is 11.5 Å². The third-order valence-corrected chi connectivity index (χ3v) is 6.60. The van der Waals surface area contributed by atoms with E-state index >= 15 is 0 Å². The Kier molecular flexibility index (Phi) is 5.81. The van der Waals surface area contributed by atoms with Crippen LogP contribution >= 0.6 is 0 Å². The number of carbonyl (C=O) groups excluding carboxylic acids is 1. The number of ether oxygens (including phenoxy) is 2. The van der Waals surface area contributed by atoms with Crippen molar-refractivity contribution >= 4 is 16.9 Å². The van der Waals surface area contributed by atoms with Crippen LogP contribution in [0.4, 0.5) is 0 Å². The van der Waals surface area contributed by atoms with Crippen molar-refractivity contribution < 1.29 is 18.7 Å². The maximum atomic E-state index is 13.8. The van der Waals surface area contributed by atoms with Crippen LogP contribution in [-0.4, -0.2) is 31.6 Å². The van der Waals surface area contributed by atoms with Gasteiger partial charge in [-0.15, -0.1) is 0 Å². The lowest BCUT2D eigenvalue weighted by Crippen LogP contribution is -2.31. The number of benzene rings is 3. The first-order valence-electron chi connectivity index (χ1n) is 11.6. The molecule has 4 aromatic rings. The Labute approximate surface area is 203 Å². The molecule has 5 rings (SSSR count). The first kappa shape index (κ1) is 22.7. The maximum absolute atomic E-state index is 13.8. The Hall–Kier alpha value is -4.06. The lowest BCUT2D eigenvalue weighted by molar-refractivity contribution is 0.0730. The van der Waals surface area contributed by atoms with E-state index in [9.17, 15) is 9.59 Å². The molecule has 1 atom stereocenters. The van der Waals surface area contributed by atoms with E-state index in [0.29, 0.717) is 41.0 Å². The van der Waals surface area contributed by atoms with Crippen molar-refractivity contribution in [1.29, 1.82) is 0 Å². The van der Waals surface area contributed by atoms with Crippen LogP contribution in [0.15, 0.2) is 69.9 Å². The number of rotatable bonds is 6. The number of methoxy groups -OCH3 is 2. The predicted octanol–water partition coefficient (Wildman–Crippen LogP) is 5.21. The Morgan fingerprint density at radius 2 is 1.66 bits per heavy atom. The van der Waals surface area contributed by atoms with E-state index in [0.717, 1.165) is 22.3 Å². The smallest absolute Gasteiger partial charge is 0.290 e. The van der Waals surface area contributed by atoms with Crippen molar-refractivity contribution in [3.05, 3.63) is 104 Å². The molecule has 1 aromatic heterocycles. The van der Waals surface area contributed by atoms with Gasteiger partial charge in [-0.3, -0.25) is 9.59 Å². The van der Waals surface area contributed by atoms with Gasteiger partial charge in [-0.2, -0.15) is 0 Å². The molecule has 0 saturated carbocycles. The third kappa shape index (κ3) is 3.85. The quantitative estimate of drug-likeness (QED) is 0.388. The molecule has 1 aliphatic rings. The van der Waals surface area contributed by atoms with Gasteiger partial charge in [0.15, 0.2) is 16.9 Å². The lowest BCUT2D eigenvalue weighted by atomic mass is 9.97. The summed E-state index contributed by atoms with van der Waals surface area (Å²) in [7, 11) is 3.19. The second kappa shape index (κ2) is 8.95. The van der Waals surface area contributed by atoms with E-state index in [2.05, 4.69) is 0 Å². The molecule has 1 amide bonds. The molecule has 2 heterocycles. The first-order chi connectivity index (χ1) is 16.9. The molecular formula is C29H27NO5. The van der Waals surface area contributed by atoms with Gasteiger partial charge in [-0.1, -0.05) is 42.5 Å². The summed E-state index contributed by atoms with van der Waals surface area (Å²) in [5, 5.41) is 0.511. The number of hydrogen-bond acceptors (Lipinski definition) is 5. The highest BCUT2D eigenvalue weighted by atomic mass is 16.5. The van der Waals surface area contributed by atoms with Crippen LogP contribution in [0.25, 0.3) is 11.0 Å². The Bertz CT molecular complexity index is 1490. The van der Waals surface area contributed by atoms with Crippen LogP contribution in [-0.2, 0) is 6.42 Å². The van der Waals surface area contributed by atoms with Crippen LogP contribution in [0.5, 0.6) is 11.5 Å². The zero-order chi connectivity index (χ0) is 24.7. The molecule has 0 bridgehead atoms. The van der Waals surface area contributed by atoms with Crippen molar-refractivity contribution in [3.63, 3.8) is 0 Å². The summed E-state index contributed by atoms with van der Waals surface area (Å²) in [4.78, 5) is 29.1. The number of hydrogen-bond donors (Lipinski definition) is 0. The zero-order valence-corrected chi connectivity index (χ0v) is 20.3. The topological polar surface area (TPSA) is 69.0 Å². The monoisotopic (exact) mass is 469 g/mol. The van der Waals surface area contributed by atoms with Crippen molar-refractivity contribution in [2.75, 3.05) is 20.8 Å². The van der Waals surface area contributed by atoms with Gasteiger partial charge in [0.1, 0.15) is 5.58 Å². The van der Waals surface area contributed by atoms with Gasteiger partial charge >= 0.3 is 0 Å². The van der Waals surface area contributed by atoms with E-state index in [1.54, 1.807) is 19.1 Å². The fraction of sp³-hybridized carbons (Fsp3) is 0.241. The Balaban J connectivity index is 1.60. The molecule has 178 valence electrons. The normalized spacial score (nSPS) is 14.9. The SMILES string of the molecule is COc1ccc(CCN2C(=O)c3oc4c(C)cc(C)cc4c(=O)c3[C@H]2c2ccccc2)cc1OC. The molecular weight excluding hydrogens is 442 g/mol. The van der Waals surface area contributed by atoms with Gasteiger partial charge in [-0.25, -0.2) is 0 Å². The summed E-state index contributed by atoms with van der Waals surface area (Å²) in [5.74, 6) is 1.15. The molecule has 0 N–H and O–H groups in total. The summed E-state index contributed by atoms with van der Waals surface area (Å²) in [6.45, 7) is 4.26. The fourth-order valence-electron chi connectivity index (χ4n) is 4.97. The minimum atomic E-state index is -0.514. The zero-order valence-electron chi connectivity index (χ0n) is 20.3. The Morgan fingerprint density at radius 3 is 2.37 bits per heavy atom. The highest BCUT2D eigenvalue weighted by Crippen LogP contribution is 2.39. The van der Waals surface area contributed by atoms with Gasteiger partial charge < -0.3 is 18.8 Å². The van der Waals surface area contributed by atoms with Gasteiger partial charge in [0.2, 0.25) is 5.76 Å². The summed E-state index contributed by atoms with van der Waals surface area (Å²) in [6.07, 6.45) is 0.579. The number of fused-ring (bicyclic) bond motifs is 2. The van der Waals surface area contributed by atoms with Crippen molar-refractivity contribution in [2.24, 2.45) is 0 Å². The summed E-state index contributed by atoms with van der Waals surface area (Å²) in [6, 6.07) is 18.7. The molecule has 0 spiro atoms. The molecule has 0 saturated heterocycles. The molecule has 1 aliphatic heterocycles. The summed E-state index contributed by atoms with van der Waals surface area (Å²) >= 11 is 0. The number of amides is 1. The van der Waals surface area contributed by atoms with Gasteiger partial charge in [-0.05, 0) is 60.7 Å². The van der Waals surface area contributed by atoms with E-state index in [1.165, 1.54) is 0 Å². The Morgan fingerprint density at radius 1 is 0.914 bits per heavy atom. The predicted molar refractivity (Wildman–Crippen MR) is 135 cm³/mol. The standard InChI is InChI=1S/C29H27NO5/c1-17-14-18(2)27-21(15-17)26(31)24-25(20-8-6-5-7-9-20)30(29(32)28(24)35-27)13-12-19-10-11-22(33-3)23(16-19)34-4/h5-11,14-16,25H,12-13H2,1-4H3/t25-/m1/s1. The highest BCUT2D eigenvalue weighted by molar-refractivity contribution is 5.99. The minimum Gasteiger partial charge on any atom is -0.493 e. The minimum absolute atomic E-state index is 0.135. The number of nitrogens with zero attached hydrogens (tertiary/aromatic N) is 1. The van der Waals surface area contributed by atoms with E-state index in [1.807, 2.05) is 74.5 Å². The van der Waals surface area contributed by atoms with Crippen LogP contribution in [0.3, 0.4) is 0 Å². The largest absolute Gasteiger partial charge is 0.493 e. The molecule has 0 radical (unpaired) electrons. The second-order valence-electron chi connectivity index (χ2n) is 8.88. The highest BCUT2D eigenvalue weighted by Gasteiger charge is 2.42.